The molecule has 0 amide bonds. The van der Waals surface area contributed by atoms with Crippen LogP contribution in [0.2, 0.25) is 0 Å². The average Bonchev–Trinajstić information content (AvgIpc) is 3.43. The van der Waals surface area contributed by atoms with Gasteiger partial charge in [0.05, 0.1) is 29.6 Å². The normalized spacial score (nSPS) is 19.5. The van der Waals surface area contributed by atoms with Crippen LogP contribution in [-0.4, -0.2) is 63.5 Å². The zero-order valence-corrected chi connectivity index (χ0v) is 20.8. The van der Waals surface area contributed by atoms with Crippen molar-refractivity contribution in [2.75, 3.05) is 37.0 Å². The van der Waals surface area contributed by atoms with Crippen molar-refractivity contribution in [3.05, 3.63) is 60.9 Å². The quantitative estimate of drug-likeness (QED) is 0.347. The van der Waals surface area contributed by atoms with E-state index in [2.05, 4.69) is 45.2 Å². The molecule has 4 aromatic rings. The second-order valence-corrected chi connectivity index (χ2v) is 9.35. The van der Waals surface area contributed by atoms with Crippen molar-refractivity contribution >= 4 is 28.4 Å². The van der Waals surface area contributed by atoms with Gasteiger partial charge < -0.3 is 24.3 Å². The minimum Gasteiger partial charge on any atom is -0.491 e. The molecule has 1 aliphatic heterocycles. The van der Waals surface area contributed by atoms with E-state index >= 15 is 0 Å². The third kappa shape index (κ3) is 5.64. The van der Waals surface area contributed by atoms with Crippen LogP contribution in [0.5, 0.6) is 5.75 Å². The topological polar surface area (TPSA) is 90.2 Å². The Balaban J connectivity index is 1.32. The van der Waals surface area contributed by atoms with Crippen LogP contribution in [0.15, 0.2) is 55.4 Å². The number of ether oxygens (including phenoxy) is 2. The summed E-state index contributed by atoms with van der Waals surface area (Å²) in [6, 6.07) is 7.76. The van der Waals surface area contributed by atoms with E-state index in [1.54, 1.807) is 35.9 Å². The van der Waals surface area contributed by atoms with Crippen molar-refractivity contribution in [1.29, 1.82) is 0 Å². The van der Waals surface area contributed by atoms with Crippen LogP contribution in [0.1, 0.15) is 35.9 Å². The number of anilines is 3. The monoisotopic (exact) mass is 508 g/mol. The van der Waals surface area contributed by atoms with Crippen LogP contribution >= 0.6 is 0 Å². The highest BCUT2D eigenvalue weighted by molar-refractivity contribution is 5.92. The van der Waals surface area contributed by atoms with Gasteiger partial charge in [0.15, 0.2) is 0 Å². The Hall–Kier alpha value is -3.79. The number of aromatic nitrogens is 5. The third-order valence-corrected chi connectivity index (χ3v) is 6.50. The number of nitrogens with zero attached hydrogens (tertiary/aromatic N) is 6. The van der Waals surface area contributed by atoms with E-state index in [9.17, 15) is 4.39 Å². The molecule has 0 radical (unpaired) electrons. The smallest absolute Gasteiger partial charge is 0.227 e. The number of hydrogen-bond acceptors (Lipinski definition) is 8. The number of nitrogens with one attached hydrogen (secondary N) is 1. The van der Waals surface area contributed by atoms with Crippen molar-refractivity contribution in [2.45, 2.75) is 45.0 Å². The summed E-state index contributed by atoms with van der Waals surface area (Å²) in [7, 11) is -2.63. The fourth-order valence-corrected chi connectivity index (χ4v) is 4.51. The zero-order chi connectivity index (χ0) is 28.3. The van der Waals surface area contributed by atoms with Gasteiger partial charge >= 0.3 is 0 Å². The molecule has 10 heteroatoms. The van der Waals surface area contributed by atoms with Crippen molar-refractivity contribution in [3.8, 4) is 5.75 Å². The molecule has 1 aliphatic rings. The Labute approximate surface area is 219 Å². The van der Waals surface area contributed by atoms with Crippen molar-refractivity contribution in [1.82, 2.24) is 24.5 Å². The summed E-state index contributed by atoms with van der Waals surface area (Å²) in [5, 5.41) is 5.19. The van der Waals surface area contributed by atoms with Crippen molar-refractivity contribution < 1.29 is 18.0 Å². The molecule has 0 spiro atoms. The molecule has 1 N–H and O–H groups in total. The van der Waals surface area contributed by atoms with E-state index in [-0.39, 0.29) is 18.9 Å². The highest BCUT2D eigenvalue weighted by atomic mass is 19.1. The van der Waals surface area contributed by atoms with Crippen LogP contribution in [0.25, 0.3) is 10.8 Å². The molecular weight excluding hydrogens is 473 g/mol. The summed E-state index contributed by atoms with van der Waals surface area (Å²) in [4.78, 5) is 19.2. The van der Waals surface area contributed by atoms with E-state index in [1.165, 1.54) is 5.56 Å². The number of hydrogen-bond donors (Lipinski definition) is 1. The van der Waals surface area contributed by atoms with E-state index in [4.69, 9.17) is 13.6 Å². The van der Waals surface area contributed by atoms with Crippen molar-refractivity contribution in [3.63, 3.8) is 0 Å². The Morgan fingerprint density at radius 2 is 2.11 bits per heavy atom. The minimum atomic E-state index is -2.63. The maximum absolute atomic E-state index is 14.7. The molecule has 5 rings (SSSR count). The van der Waals surface area contributed by atoms with Gasteiger partial charge in [-0.2, -0.15) is 4.98 Å². The Morgan fingerprint density at radius 1 is 1.19 bits per heavy atom. The van der Waals surface area contributed by atoms with Crippen LogP contribution < -0.4 is 15.0 Å². The zero-order valence-electron chi connectivity index (χ0n) is 23.8. The Morgan fingerprint density at radius 3 is 2.89 bits per heavy atom. The Kier molecular flexibility index (Phi) is 6.38. The molecular formula is C27H32FN7O2. The van der Waals surface area contributed by atoms with Gasteiger partial charge in [-0.25, -0.2) is 19.3 Å². The lowest BCUT2D eigenvalue weighted by Crippen LogP contribution is -2.46. The highest BCUT2D eigenvalue weighted by Gasteiger charge is 2.30. The van der Waals surface area contributed by atoms with Gasteiger partial charge in [-0.05, 0) is 41.5 Å². The minimum absolute atomic E-state index is 0.0558. The molecule has 1 fully saturated rings. The number of rotatable bonds is 9. The largest absolute Gasteiger partial charge is 0.491 e. The molecule has 1 saturated heterocycles. The van der Waals surface area contributed by atoms with E-state index in [1.807, 2.05) is 22.9 Å². The maximum Gasteiger partial charge on any atom is 0.227 e. The van der Waals surface area contributed by atoms with Crippen LogP contribution in [0, 0.1) is 0 Å². The SMILES string of the molecule is [2H]C([2H])([2H])O[C@H]1CCN(c2nccc(Nc3cc4c(C(C)C)ccc(OCCn5ccnc5)c4cn3)n2)C[C@H]1F. The molecule has 0 unspecified atom stereocenters. The first-order valence-electron chi connectivity index (χ1n) is 13.8. The van der Waals surface area contributed by atoms with E-state index in [0.29, 0.717) is 37.3 Å². The van der Waals surface area contributed by atoms with Crippen LogP contribution in [0.3, 0.4) is 0 Å². The molecule has 0 aliphatic carbocycles. The fourth-order valence-electron chi connectivity index (χ4n) is 4.51. The van der Waals surface area contributed by atoms with Gasteiger partial charge in [-0.15, -0.1) is 0 Å². The lowest BCUT2D eigenvalue weighted by molar-refractivity contribution is 0.0194. The number of piperidine rings is 1. The molecule has 9 nitrogen and oxygen atoms in total. The first kappa shape index (κ1) is 21.3. The van der Waals surface area contributed by atoms with E-state index < -0.39 is 19.3 Å². The van der Waals surface area contributed by atoms with Gasteiger partial charge in [0, 0.05) is 43.8 Å². The summed E-state index contributed by atoms with van der Waals surface area (Å²) in [6.07, 6.45) is 6.55. The number of imidazole rings is 1. The molecule has 0 bridgehead atoms. The lowest BCUT2D eigenvalue weighted by Gasteiger charge is -2.33. The molecule has 2 atom stereocenters. The molecule has 3 aromatic heterocycles. The molecule has 1 aromatic carbocycles. The molecule has 194 valence electrons. The second-order valence-electron chi connectivity index (χ2n) is 9.35. The number of pyridine rings is 1. The van der Waals surface area contributed by atoms with Gasteiger partial charge in [0.25, 0.3) is 0 Å². The number of fused-ring (bicyclic) bond motifs is 1. The summed E-state index contributed by atoms with van der Waals surface area (Å²) in [5.41, 5.74) is 1.17. The van der Waals surface area contributed by atoms with Gasteiger partial charge in [-0.3, -0.25) is 0 Å². The van der Waals surface area contributed by atoms with Crippen LogP contribution in [-0.2, 0) is 11.3 Å². The third-order valence-electron chi connectivity index (χ3n) is 6.50. The standard InChI is InChI=1S/C27H32FN7O2/c1-18(2)19-4-5-23(37-13-12-34-11-9-29-17-34)21-15-31-26(14-20(19)21)32-25-6-8-30-27(33-25)35-10-7-24(36-3)22(28)16-35/h4-6,8-9,11,14-15,17-18,22,24H,7,10,12-13,16H2,1-3H3,(H,30,31,32,33)/t22-,24+/m1/s1/i3D3. The molecule has 37 heavy (non-hydrogen) atoms. The van der Waals surface area contributed by atoms with Gasteiger partial charge in [0.2, 0.25) is 5.95 Å². The van der Waals surface area contributed by atoms with Crippen LogP contribution in [0.4, 0.5) is 22.0 Å². The first-order chi connectivity index (χ1) is 19.2. The number of methoxy groups -OCH3 is 1. The maximum atomic E-state index is 14.7. The predicted molar refractivity (Wildman–Crippen MR) is 141 cm³/mol. The molecule has 0 saturated carbocycles. The van der Waals surface area contributed by atoms with Gasteiger partial charge in [0.1, 0.15) is 30.2 Å². The molecule has 4 heterocycles. The van der Waals surface area contributed by atoms with Gasteiger partial charge in [-0.1, -0.05) is 19.9 Å². The summed E-state index contributed by atoms with van der Waals surface area (Å²) in [5.74, 6) is 2.50. The highest BCUT2D eigenvalue weighted by Crippen LogP contribution is 2.34. The Bertz CT molecular complexity index is 1440. The second kappa shape index (κ2) is 11.1. The number of alkyl halides is 1. The first-order valence-corrected chi connectivity index (χ1v) is 12.3. The lowest BCUT2D eigenvalue weighted by atomic mass is 9.96. The predicted octanol–water partition coefficient (Wildman–Crippen LogP) is 4.73. The van der Waals surface area contributed by atoms with Crippen molar-refractivity contribution in [2.24, 2.45) is 0 Å². The summed E-state index contributed by atoms with van der Waals surface area (Å²) >= 11 is 0. The summed E-state index contributed by atoms with van der Waals surface area (Å²) in [6.45, 7) is 5.78. The fraction of sp³-hybridized carbons (Fsp3) is 0.407. The average molecular weight is 509 g/mol. The van der Waals surface area contributed by atoms with E-state index in [0.717, 1.165) is 16.5 Å². The number of halogens is 1. The number of benzene rings is 1. The summed E-state index contributed by atoms with van der Waals surface area (Å²) < 4.78 is 49.4.